The molecule has 2 saturated carbocycles. The highest BCUT2D eigenvalue weighted by atomic mass is 19.1. The Bertz CT molecular complexity index is 2840. The largest absolute Gasteiger partial charge is 0.476 e. The maximum atomic E-state index is 15.1. The first-order valence-electron chi connectivity index (χ1n) is 24.9. The number of halogens is 4. The van der Waals surface area contributed by atoms with Crippen LogP contribution in [0.25, 0.3) is 0 Å². The molecule has 0 bridgehead atoms. The molecule has 9 rings (SSSR count). The van der Waals surface area contributed by atoms with E-state index in [0.717, 1.165) is 46.7 Å². The van der Waals surface area contributed by atoms with Gasteiger partial charge in [-0.1, -0.05) is 83.1 Å². The molecule has 23 heteroatoms. The predicted octanol–water partition coefficient (Wildman–Crippen LogP) is 4.14. The molecule has 396 valence electrons. The third-order valence-electron chi connectivity index (χ3n) is 13.4. The van der Waals surface area contributed by atoms with Crippen LogP contribution in [0.15, 0.2) is 103 Å². The Morgan fingerprint density at radius 3 is 1.72 bits per heavy atom. The van der Waals surface area contributed by atoms with Gasteiger partial charge in [-0.15, -0.1) is 0 Å². The molecule has 4 amide bonds. The Kier molecular flexibility index (Phi) is 16.5. The number of amides is 4. The lowest BCUT2D eigenvalue weighted by molar-refractivity contribution is -0.139. The number of likely N-dealkylation sites (tertiary alicyclic amines) is 2. The lowest BCUT2D eigenvalue weighted by Crippen LogP contribution is -2.50. The molecule has 2 saturated heterocycles. The van der Waals surface area contributed by atoms with Crippen LogP contribution < -0.4 is 26.9 Å². The van der Waals surface area contributed by atoms with Gasteiger partial charge in [-0.05, 0) is 60.8 Å². The topological polar surface area (TPSA) is 238 Å². The molecule has 3 aromatic heterocycles. The van der Waals surface area contributed by atoms with Crippen LogP contribution in [0, 0.1) is 11.9 Å². The molecule has 5 heterocycles. The SMILES string of the molecule is N/C(=C\N(N)CC(=O)N1C[C@H](F)C[C@H]1C(=O)N[C@@H](c1ccccc1)c1ccc(C2CC2)c(F)n1)OCCOCCOc1cn(CC(=O)N2C[C@H](F)C[C@H]2C(=O)N[C@@H](c2ccccc2)c2ccc(C3CC3)c(F)n2)nn1. The lowest BCUT2D eigenvalue weighted by Gasteiger charge is -2.27. The monoisotopic (exact) mass is 1040 g/mol. The van der Waals surface area contributed by atoms with Crippen LogP contribution in [-0.2, 0) is 35.2 Å². The standard InChI is InChI=1S/C52H58F4N12O7/c53-35-23-41(51(71)61-47(33-7-3-1-4-8-33)39-17-15-37(31-11-12-31)49(55)59-39)67(25-35)45(69)29-65(58)27-43(57)74-21-19-73-20-22-75-44-28-66(64-63-44)30-46(70)68-26-36(54)24-42(68)52(72)62-48(34-9-5-2-6-10-34)40-18-16-38(32-13-14-32)50(56)60-40/h1-10,15-18,27-28,31-32,35-36,41-42,47-48H,11-14,19-26,29-30,57-58H2,(H,61,71)(H,62,72)/b43-27+/t35-,36-,41+,42+,47+,48+/m1/s1. The minimum atomic E-state index is -1.47. The van der Waals surface area contributed by atoms with Crippen LogP contribution in [0.5, 0.6) is 5.88 Å². The number of ether oxygens (including phenoxy) is 3. The zero-order chi connectivity index (χ0) is 52.6. The number of pyridine rings is 2. The molecule has 4 aliphatic rings. The molecular weight excluding hydrogens is 981 g/mol. The van der Waals surface area contributed by atoms with Gasteiger partial charge in [-0.3, -0.25) is 19.2 Å². The van der Waals surface area contributed by atoms with Crippen LogP contribution in [-0.4, -0.2) is 134 Å². The summed E-state index contributed by atoms with van der Waals surface area (Å²) in [5.74, 6) is 2.58. The Morgan fingerprint density at radius 1 is 0.707 bits per heavy atom. The first-order chi connectivity index (χ1) is 36.3. The van der Waals surface area contributed by atoms with E-state index in [-0.39, 0.29) is 93.9 Å². The van der Waals surface area contributed by atoms with Crippen molar-refractivity contribution in [3.05, 3.63) is 149 Å². The quantitative estimate of drug-likeness (QED) is 0.0180. The van der Waals surface area contributed by atoms with Crippen molar-refractivity contribution in [3.63, 3.8) is 0 Å². The molecule has 19 nitrogen and oxygen atoms in total. The van der Waals surface area contributed by atoms with E-state index in [2.05, 4.69) is 30.9 Å². The number of hydrogen-bond donors (Lipinski definition) is 4. The number of carbonyl (C=O) groups excluding carboxylic acids is 4. The van der Waals surface area contributed by atoms with E-state index in [1.807, 2.05) is 0 Å². The van der Waals surface area contributed by atoms with Crippen LogP contribution >= 0.6 is 0 Å². The molecule has 4 fully saturated rings. The number of rotatable bonds is 23. The second-order valence-corrected chi connectivity index (χ2v) is 19.0. The number of hydrogen-bond acceptors (Lipinski definition) is 14. The summed E-state index contributed by atoms with van der Waals surface area (Å²) in [4.78, 5) is 65.1. The van der Waals surface area contributed by atoms with Crippen LogP contribution in [0.4, 0.5) is 17.6 Å². The summed E-state index contributed by atoms with van der Waals surface area (Å²) in [6.07, 6.45) is 2.70. The molecule has 0 spiro atoms. The fourth-order valence-corrected chi connectivity index (χ4v) is 9.35. The third kappa shape index (κ3) is 13.4. The van der Waals surface area contributed by atoms with E-state index in [1.54, 1.807) is 84.9 Å². The summed E-state index contributed by atoms with van der Waals surface area (Å²) in [5, 5.41) is 14.6. The zero-order valence-electron chi connectivity index (χ0n) is 40.9. The van der Waals surface area contributed by atoms with Crippen LogP contribution in [0.3, 0.4) is 0 Å². The number of carbonyl (C=O) groups is 4. The minimum Gasteiger partial charge on any atom is -0.476 e. The average molecular weight is 1040 g/mol. The Labute approximate surface area is 429 Å². The molecule has 2 aliphatic heterocycles. The van der Waals surface area contributed by atoms with Crippen molar-refractivity contribution in [1.82, 2.24) is 50.4 Å². The molecule has 75 heavy (non-hydrogen) atoms. The normalized spacial score (nSPS) is 20.4. The molecule has 6 atom stereocenters. The number of hydrazine groups is 1. The van der Waals surface area contributed by atoms with E-state index in [9.17, 15) is 28.0 Å². The fraction of sp³-hybridized carbons (Fsp3) is 0.423. The Morgan fingerprint density at radius 2 is 1.21 bits per heavy atom. The van der Waals surface area contributed by atoms with Gasteiger partial charge in [0.1, 0.15) is 50.7 Å². The summed E-state index contributed by atoms with van der Waals surface area (Å²) in [6, 6.07) is 20.4. The molecule has 2 aliphatic carbocycles. The zero-order valence-corrected chi connectivity index (χ0v) is 40.9. The van der Waals surface area contributed by atoms with Gasteiger partial charge in [-0.2, -0.15) is 8.78 Å². The first kappa shape index (κ1) is 52.2. The smallest absolute Gasteiger partial charge is 0.253 e. The van der Waals surface area contributed by atoms with Crippen molar-refractivity contribution < 1.29 is 51.0 Å². The molecule has 2 aromatic carbocycles. The van der Waals surface area contributed by atoms with Gasteiger partial charge in [-0.25, -0.2) is 29.3 Å². The number of aromatic nitrogens is 5. The van der Waals surface area contributed by atoms with Crippen molar-refractivity contribution in [2.75, 3.05) is 46.1 Å². The summed E-state index contributed by atoms with van der Waals surface area (Å²) in [5.41, 5.74) is 8.84. The van der Waals surface area contributed by atoms with Gasteiger partial charge in [0.25, 0.3) is 5.88 Å². The molecule has 6 N–H and O–H groups in total. The number of alkyl halides is 2. The number of nitrogens with two attached hydrogens (primary N) is 2. The average Bonchev–Trinajstić information content (AvgIpc) is 4.31. The van der Waals surface area contributed by atoms with E-state index in [0.29, 0.717) is 22.3 Å². The molecule has 5 aromatic rings. The van der Waals surface area contributed by atoms with Gasteiger partial charge in [0, 0.05) is 24.0 Å². The van der Waals surface area contributed by atoms with Gasteiger partial charge < -0.3 is 45.4 Å². The second-order valence-electron chi connectivity index (χ2n) is 19.0. The highest BCUT2D eigenvalue weighted by Gasteiger charge is 2.43. The maximum absolute atomic E-state index is 15.1. The number of nitrogens with zero attached hydrogens (tertiary/aromatic N) is 8. The molecule has 0 radical (unpaired) electrons. The predicted molar refractivity (Wildman–Crippen MR) is 261 cm³/mol. The van der Waals surface area contributed by atoms with Gasteiger partial charge >= 0.3 is 0 Å². The van der Waals surface area contributed by atoms with Crippen molar-refractivity contribution in [2.45, 2.75) is 93.4 Å². The van der Waals surface area contributed by atoms with Crippen molar-refractivity contribution in [2.24, 2.45) is 11.6 Å². The second kappa shape index (κ2) is 23.7. The van der Waals surface area contributed by atoms with Gasteiger partial charge in [0.05, 0.1) is 62.2 Å². The van der Waals surface area contributed by atoms with E-state index in [4.69, 9.17) is 25.8 Å². The van der Waals surface area contributed by atoms with Gasteiger partial charge in [0.15, 0.2) is 0 Å². The highest BCUT2D eigenvalue weighted by Crippen LogP contribution is 2.42. The molecule has 0 unspecified atom stereocenters. The van der Waals surface area contributed by atoms with Crippen molar-refractivity contribution >= 4 is 23.6 Å². The van der Waals surface area contributed by atoms with Gasteiger partial charge in [0.2, 0.25) is 41.4 Å². The van der Waals surface area contributed by atoms with E-state index >= 15 is 8.78 Å². The van der Waals surface area contributed by atoms with Crippen LogP contribution in [0.2, 0.25) is 0 Å². The van der Waals surface area contributed by atoms with E-state index in [1.165, 1.54) is 10.9 Å². The number of nitrogens with one attached hydrogen (secondary N) is 2. The third-order valence-corrected chi connectivity index (χ3v) is 13.4. The number of benzene rings is 2. The maximum Gasteiger partial charge on any atom is 0.253 e. The summed E-state index contributed by atoms with van der Waals surface area (Å²) >= 11 is 0. The highest BCUT2D eigenvalue weighted by molar-refractivity contribution is 5.90. The Balaban J connectivity index is 0.691. The minimum absolute atomic E-state index is 0.0178. The summed E-state index contributed by atoms with van der Waals surface area (Å²) < 4.78 is 77.6. The summed E-state index contributed by atoms with van der Waals surface area (Å²) in [6.45, 7) is -1.30. The first-order valence-corrected chi connectivity index (χ1v) is 24.9. The fourth-order valence-electron chi connectivity index (χ4n) is 9.35. The Hall–Kier alpha value is -7.66. The van der Waals surface area contributed by atoms with E-state index < -0.39 is 78.6 Å². The molecular formula is C52H58F4N12O7. The van der Waals surface area contributed by atoms with Crippen LogP contribution in [0.1, 0.15) is 96.1 Å². The summed E-state index contributed by atoms with van der Waals surface area (Å²) in [7, 11) is 0. The lowest BCUT2D eigenvalue weighted by atomic mass is 10.0. The van der Waals surface area contributed by atoms with Crippen molar-refractivity contribution in [3.8, 4) is 5.88 Å². The van der Waals surface area contributed by atoms with Crippen molar-refractivity contribution in [1.29, 1.82) is 0 Å².